The molecule has 0 bridgehead atoms. The van der Waals surface area contributed by atoms with E-state index in [0.717, 1.165) is 25.0 Å². The van der Waals surface area contributed by atoms with Crippen LogP contribution in [0.2, 0.25) is 0 Å². The molecule has 20 heavy (non-hydrogen) atoms. The van der Waals surface area contributed by atoms with Crippen molar-refractivity contribution in [1.29, 1.82) is 0 Å². The maximum atomic E-state index is 3.76. The molecule has 1 saturated carbocycles. The maximum absolute atomic E-state index is 3.76. The van der Waals surface area contributed by atoms with Crippen LogP contribution in [0.4, 0.5) is 5.69 Å². The lowest BCUT2D eigenvalue weighted by Crippen LogP contribution is -2.41. The Labute approximate surface area is 124 Å². The molecule has 2 unspecified atom stereocenters. The second-order valence-electron chi connectivity index (χ2n) is 6.53. The molecule has 1 N–H and O–H groups in total. The molecule has 2 heteroatoms. The first kappa shape index (κ1) is 15.4. The van der Waals surface area contributed by atoms with Crippen LogP contribution in [0.1, 0.15) is 43.7 Å². The van der Waals surface area contributed by atoms with Crippen molar-refractivity contribution in [1.82, 2.24) is 5.32 Å². The second kappa shape index (κ2) is 7.12. The topological polar surface area (TPSA) is 15.3 Å². The Morgan fingerprint density at radius 3 is 2.65 bits per heavy atom. The lowest BCUT2D eigenvalue weighted by molar-refractivity contribution is 0.283. The van der Waals surface area contributed by atoms with E-state index in [9.17, 15) is 0 Å². The fourth-order valence-corrected chi connectivity index (χ4v) is 3.39. The van der Waals surface area contributed by atoms with Gasteiger partial charge < -0.3 is 10.2 Å². The minimum atomic E-state index is 0.733. The van der Waals surface area contributed by atoms with Crippen LogP contribution in [-0.2, 0) is 0 Å². The van der Waals surface area contributed by atoms with Crippen LogP contribution in [0.15, 0.2) is 18.2 Å². The molecular formula is C18H30N2. The molecular weight excluding hydrogens is 244 g/mol. The maximum Gasteiger partial charge on any atom is 0.0393 e. The van der Waals surface area contributed by atoms with Crippen molar-refractivity contribution in [2.75, 3.05) is 25.0 Å². The summed E-state index contributed by atoms with van der Waals surface area (Å²) in [6.07, 6.45) is 5.57. The van der Waals surface area contributed by atoms with Gasteiger partial charge in [-0.1, -0.05) is 37.5 Å². The van der Waals surface area contributed by atoms with Crippen molar-refractivity contribution in [3.63, 3.8) is 0 Å². The van der Waals surface area contributed by atoms with Gasteiger partial charge in [0.25, 0.3) is 0 Å². The van der Waals surface area contributed by atoms with Gasteiger partial charge in [0.15, 0.2) is 0 Å². The van der Waals surface area contributed by atoms with Gasteiger partial charge in [-0.2, -0.15) is 0 Å². The Bertz CT molecular complexity index is 427. The molecule has 1 aliphatic rings. The van der Waals surface area contributed by atoms with Gasteiger partial charge >= 0.3 is 0 Å². The number of nitrogens with one attached hydrogen (secondary N) is 1. The highest BCUT2D eigenvalue weighted by molar-refractivity contribution is 5.53. The molecule has 1 fully saturated rings. The first-order chi connectivity index (χ1) is 9.58. The summed E-state index contributed by atoms with van der Waals surface area (Å²) in [6.45, 7) is 8.91. The minimum Gasteiger partial charge on any atom is -0.373 e. The van der Waals surface area contributed by atoms with Crippen molar-refractivity contribution < 1.29 is 0 Å². The summed E-state index contributed by atoms with van der Waals surface area (Å²) in [5, 5.41) is 3.76. The summed E-state index contributed by atoms with van der Waals surface area (Å²) in [6, 6.07) is 7.45. The average molecular weight is 274 g/mol. The number of likely N-dealkylation sites (N-methyl/N-ethyl adjacent to an activating group) is 1. The Morgan fingerprint density at radius 1 is 1.20 bits per heavy atom. The first-order valence-electron chi connectivity index (χ1n) is 8.09. The van der Waals surface area contributed by atoms with Gasteiger partial charge in [0.1, 0.15) is 0 Å². The van der Waals surface area contributed by atoms with E-state index in [1.807, 2.05) is 0 Å². The molecule has 0 heterocycles. The van der Waals surface area contributed by atoms with E-state index in [1.54, 1.807) is 0 Å². The van der Waals surface area contributed by atoms with Gasteiger partial charge in [0.2, 0.25) is 0 Å². The van der Waals surface area contributed by atoms with Crippen LogP contribution < -0.4 is 10.2 Å². The van der Waals surface area contributed by atoms with Crippen LogP contribution in [0.25, 0.3) is 0 Å². The number of hydrogen-bond donors (Lipinski definition) is 1. The van der Waals surface area contributed by atoms with Crippen molar-refractivity contribution in [3.05, 3.63) is 29.3 Å². The number of benzene rings is 1. The molecule has 0 saturated heterocycles. The van der Waals surface area contributed by atoms with Crippen molar-refractivity contribution in [3.8, 4) is 0 Å². The Kier molecular flexibility index (Phi) is 5.47. The van der Waals surface area contributed by atoms with Crippen LogP contribution in [0.5, 0.6) is 0 Å². The van der Waals surface area contributed by atoms with Crippen LogP contribution in [0, 0.1) is 19.8 Å². The van der Waals surface area contributed by atoms with Gasteiger partial charge in [-0.25, -0.2) is 0 Å². The Balaban J connectivity index is 1.81. The van der Waals surface area contributed by atoms with Crippen LogP contribution >= 0.6 is 0 Å². The molecule has 2 atom stereocenters. The van der Waals surface area contributed by atoms with E-state index in [2.05, 4.69) is 56.2 Å². The average Bonchev–Trinajstić information content (AvgIpc) is 2.40. The van der Waals surface area contributed by atoms with Gasteiger partial charge in [-0.15, -0.1) is 0 Å². The summed E-state index contributed by atoms with van der Waals surface area (Å²) in [5.41, 5.74) is 4.07. The van der Waals surface area contributed by atoms with Crippen LogP contribution in [-0.4, -0.2) is 26.2 Å². The molecule has 0 spiro atoms. The van der Waals surface area contributed by atoms with Crippen molar-refractivity contribution >= 4 is 5.69 Å². The molecule has 1 aliphatic carbocycles. The molecule has 1 aromatic rings. The monoisotopic (exact) mass is 274 g/mol. The predicted molar refractivity (Wildman–Crippen MR) is 88.6 cm³/mol. The van der Waals surface area contributed by atoms with Crippen LogP contribution in [0.3, 0.4) is 0 Å². The molecule has 0 amide bonds. The van der Waals surface area contributed by atoms with E-state index in [1.165, 1.54) is 42.5 Å². The van der Waals surface area contributed by atoms with Gasteiger partial charge in [0.05, 0.1) is 0 Å². The highest BCUT2D eigenvalue weighted by atomic mass is 15.1. The molecule has 2 rings (SSSR count). The fourth-order valence-electron chi connectivity index (χ4n) is 3.39. The third-order valence-electron chi connectivity index (χ3n) is 4.73. The van der Waals surface area contributed by atoms with E-state index < -0.39 is 0 Å². The molecule has 112 valence electrons. The first-order valence-corrected chi connectivity index (χ1v) is 8.09. The third-order valence-corrected chi connectivity index (χ3v) is 4.73. The highest BCUT2D eigenvalue weighted by Gasteiger charge is 2.20. The normalized spacial score (nSPS) is 22.8. The lowest BCUT2D eigenvalue weighted by atomic mass is 9.86. The zero-order valence-electron chi connectivity index (χ0n) is 13.6. The summed E-state index contributed by atoms with van der Waals surface area (Å²) in [5.74, 6) is 0.843. The van der Waals surface area contributed by atoms with Gasteiger partial charge in [0, 0.05) is 31.9 Å². The molecule has 0 aromatic heterocycles. The number of hydrogen-bond acceptors (Lipinski definition) is 2. The van der Waals surface area contributed by atoms with Crippen molar-refractivity contribution in [2.45, 2.75) is 52.5 Å². The SMILES string of the molecule is Cc1ccc(N(C)CCNC2CCCCC2C)c(C)c1. The van der Waals surface area contributed by atoms with E-state index >= 15 is 0 Å². The fraction of sp³-hybridized carbons (Fsp3) is 0.667. The van der Waals surface area contributed by atoms with Crippen molar-refractivity contribution in [2.24, 2.45) is 5.92 Å². The summed E-state index contributed by atoms with van der Waals surface area (Å²) < 4.78 is 0. The van der Waals surface area contributed by atoms with Gasteiger partial charge in [-0.05, 0) is 44.2 Å². The Hall–Kier alpha value is -1.02. The number of aryl methyl sites for hydroxylation is 2. The molecule has 0 radical (unpaired) electrons. The third kappa shape index (κ3) is 3.99. The number of rotatable bonds is 5. The van der Waals surface area contributed by atoms with E-state index in [-0.39, 0.29) is 0 Å². The largest absolute Gasteiger partial charge is 0.373 e. The summed E-state index contributed by atoms with van der Waals surface area (Å²) in [4.78, 5) is 2.37. The van der Waals surface area contributed by atoms with E-state index in [0.29, 0.717) is 0 Å². The smallest absolute Gasteiger partial charge is 0.0393 e. The van der Waals surface area contributed by atoms with Gasteiger partial charge in [-0.3, -0.25) is 0 Å². The highest BCUT2D eigenvalue weighted by Crippen LogP contribution is 2.24. The molecule has 1 aromatic carbocycles. The second-order valence-corrected chi connectivity index (χ2v) is 6.53. The summed E-state index contributed by atoms with van der Waals surface area (Å²) >= 11 is 0. The summed E-state index contributed by atoms with van der Waals surface area (Å²) in [7, 11) is 2.20. The number of anilines is 1. The van der Waals surface area contributed by atoms with E-state index in [4.69, 9.17) is 0 Å². The zero-order chi connectivity index (χ0) is 14.5. The molecule has 2 nitrogen and oxygen atoms in total. The standard InChI is InChI=1S/C18H30N2/c1-14-9-10-18(16(3)13-14)20(4)12-11-19-17-8-6-5-7-15(17)2/h9-10,13,15,17,19H,5-8,11-12H2,1-4H3. The Morgan fingerprint density at radius 2 is 1.95 bits per heavy atom. The zero-order valence-corrected chi connectivity index (χ0v) is 13.6. The number of nitrogens with zero attached hydrogens (tertiary/aromatic N) is 1. The molecule has 0 aliphatic heterocycles. The lowest BCUT2D eigenvalue weighted by Gasteiger charge is -2.31. The predicted octanol–water partition coefficient (Wildman–Crippen LogP) is 3.91. The minimum absolute atomic E-state index is 0.733. The quantitative estimate of drug-likeness (QED) is 0.876.